The van der Waals surface area contributed by atoms with Crippen LogP contribution >= 0.6 is 0 Å². The zero-order valence-electron chi connectivity index (χ0n) is 17.5. The van der Waals surface area contributed by atoms with Crippen molar-refractivity contribution in [2.45, 2.75) is 25.5 Å². The van der Waals surface area contributed by atoms with Crippen molar-refractivity contribution in [3.63, 3.8) is 0 Å². The Hall–Kier alpha value is -2.97. The van der Waals surface area contributed by atoms with E-state index in [-0.39, 0.29) is 17.7 Å². The zero-order chi connectivity index (χ0) is 21.6. The predicted molar refractivity (Wildman–Crippen MR) is 118 cm³/mol. The second-order valence-corrected chi connectivity index (χ2v) is 8.08. The fraction of sp³-hybridized carbons (Fsp3) is 0.435. The summed E-state index contributed by atoms with van der Waals surface area (Å²) in [5, 5.41) is 14.2. The number of nitrogens with one attached hydrogen (secondary N) is 1. The molecule has 2 aromatic rings. The maximum absolute atomic E-state index is 13.0. The third-order valence-corrected chi connectivity index (χ3v) is 5.84. The lowest BCUT2D eigenvalue weighted by Crippen LogP contribution is -2.47. The summed E-state index contributed by atoms with van der Waals surface area (Å²) in [6.45, 7) is 5.12. The molecular formula is C23H28N4O4. The van der Waals surface area contributed by atoms with E-state index >= 15 is 0 Å². The largest absolute Gasteiger partial charge is 0.374 e. The molecule has 8 nitrogen and oxygen atoms in total. The molecular weight excluding hydrogens is 396 g/mol. The van der Waals surface area contributed by atoms with Gasteiger partial charge in [0.15, 0.2) is 0 Å². The highest BCUT2D eigenvalue weighted by Crippen LogP contribution is 2.28. The number of carbonyl (C=O) groups excluding carboxylic acids is 1. The molecule has 8 heteroatoms. The second kappa shape index (κ2) is 9.89. The number of carbonyl (C=O) groups is 1. The van der Waals surface area contributed by atoms with E-state index in [1.807, 2.05) is 18.2 Å². The molecule has 0 spiro atoms. The summed E-state index contributed by atoms with van der Waals surface area (Å²) in [5.74, 6) is -0.297. The molecule has 0 aromatic heterocycles. The number of nitro groups is 1. The van der Waals surface area contributed by atoms with E-state index in [0.29, 0.717) is 18.7 Å². The van der Waals surface area contributed by atoms with E-state index in [1.165, 1.54) is 17.7 Å². The van der Waals surface area contributed by atoms with Gasteiger partial charge in [-0.15, -0.1) is 0 Å². The van der Waals surface area contributed by atoms with Crippen LogP contribution in [0.25, 0.3) is 0 Å². The monoisotopic (exact) mass is 424 g/mol. The van der Waals surface area contributed by atoms with Gasteiger partial charge in [-0.2, -0.15) is 0 Å². The molecule has 2 aromatic carbocycles. The van der Waals surface area contributed by atoms with Gasteiger partial charge in [0.25, 0.3) is 11.6 Å². The van der Waals surface area contributed by atoms with Crippen molar-refractivity contribution < 1.29 is 14.5 Å². The average Bonchev–Trinajstić information content (AvgIpc) is 3.33. The third kappa shape index (κ3) is 5.39. The Balaban J connectivity index is 1.39. The number of benzene rings is 2. The summed E-state index contributed by atoms with van der Waals surface area (Å²) in [4.78, 5) is 28.2. The summed E-state index contributed by atoms with van der Waals surface area (Å²) < 4.78 is 5.85. The van der Waals surface area contributed by atoms with Crippen LogP contribution in [0.1, 0.15) is 28.8 Å². The van der Waals surface area contributed by atoms with Crippen molar-refractivity contribution in [1.82, 2.24) is 10.2 Å². The SMILES string of the molecule is O=C(NCC1CN(Cc2ccccc2)CCO1)c1cc([N+](=O)[O-])ccc1N1CCCC1. The van der Waals surface area contributed by atoms with Gasteiger partial charge in [0.1, 0.15) is 0 Å². The minimum atomic E-state index is -0.462. The maximum Gasteiger partial charge on any atom is 0.270 e. The maximum atomic E-state index is 13.0. The first kappa shape index (κ1) is 21.3. The number of rotatable bonds is 7. The van der Waals surface area contributed by atoms with Crippen LogP contribution in [0.3, 0.4) is 0 Å². The summed E-state index contributed by atoms with van der Waals surface area (Å²) in [6, 6.07) is 14.8. The van der Waals surface area contributed by atoms with Crippen molar-refractivity contribution in [3.8, 4) is 0 Å². The van der Waals surface area contributed by atoms with Crippen LogP contribution in [0.5, 0.6) is 0 Å². The Morgan fingerprint density at radius 3 is 2.65 bits per heavy atom. The Morgan fingerprint density at radius 1 is 1.13 bits per heavy atom. The van der Waals surface area contributed by atoms with Crippen molar-refractivity contribution in [2.24, 2.45) is 0 Å². The highest BCUT2D eigenvalue weighted by atomic mass is 16.6. The van der Waals surface area contributed by atoms with Gasteiger partial charge >= 0.3 is 0 Å². The van der Waals surface area contributed by atoms with Crippen LogP contribution < -0.4 is 10.2 Å². The highest BCUT2D eigenvalue weighted by molar-refractivity contribution is 6.00. The highest BCUT2D eigenvalue weighted by Gasteiger charge is 2.25. The summed E-state index contributed by atoms with van der Waals surface area (Å²) >= 11 is 0. The molecule has 1 N–H and O–H groups in total. The Labute approximate surface area is 181 Å². The second-order valence-electron chi connectivity index (χ2n) is 8.08. The smallest absolute Gasteiger partial charge is 0.270 e. The van der Waals surface area contributed by atoms with Gasteiger partial charge in [-0.3, -0.25) is 19.8 Å². The predicted octanol–water partition coefficient (Wildman–Crippen LogP) is 2.83. The lowest BCUT2D eigenvalue weighted by molar-refractivity contribution is -0.384. The number of nitro benzene ring substituents is 1. The lowest BCUT2D eigenvalue weighted by atomic mass is 10.1. The summed E-state index contributed by atoms with van der Waals surface area (Å²) in [5.41, 5.74) is 2.29. The topological polar surface area (TPSA) is 88.0 Å². The molecule has 1 atom stereocenters. The van der Waals surface area contributed by atoms with Gasteiger partial charge in [-0.25, -0.2) is 0 Å². The van der Waals surface area contributed by atoms with E-state index in [9.17, 15) is 14.9 Å². The molecule has 2 heterocycles. The number of ether oxygens (including phenoxy) is 1. The standard InChI is InChI=1S/C23H28N4O4/c28-23(21-14-19(27(29)30)8-9-22(21)26-10-4-5-11-26)24-15-20-17-25(12-13-31-20)16-18-6-2-1-3-7-18/h1-3,6-9,14,20H,4-5,10-13,15-17H2,(H,24,28). The molecule has 31 heavy (non-hydrogen) atoms. The third-order valence-electron chi connectivity index (χ3n) is 5.84. The van der Waals surface area contributed by atoms with Crippen molar-refractivity contribution in [1.29, 1.82) is 0 Å². The van der Waals surface area contributed by atoms with Crippen LogP contribution in [-0.4, -0.2) is 61.2 Å². The minimum absolute atomic E-state index is 0.0731. The van der Waals surface area contributed by atoms with Crippen molar-refractivity contribution in [3.05, 3.63) is 69.8 Å². The van der Waals surface area contributed by atoms with Gasteiger partial charge in [-0.1, -0.05) is 30.3 Å². The number of hydrogen-bond donors (Lipinski definition) is 1. The molecule has 0 saturated carbocycles. The summed E-state index contributed by atoms with van der Waals surface area (Å²) in [6.07, 6.45) is 2.01. The molecule has 1 amide bonds. The quantitative estimate of drug-likeness (QED) is 0.543. The number of nitrogens with zero attached hydrogens (tertiary/aromatic N) is 3. The number of amides is 1. The average molecular weight is 425 g/mol. The number of morpholine rings is 1. The lowest BCUT2D eigenvalue weighted by Gasteiger charge is -2.33. The van der Waals surface area contributed by atoms with Crippen LogP contribution in [0.15, 0.2) is 48.5 Å². The van der Waals surface area contributed by atoms with Crippen LogP contribution in [0.2, 0.25) is 0 Å². The van der Waals surface area contributed by atoms with Gasteiger partial charge in [-0.05, 0) is 24.5 Å². The van der Waals surface area contributed by atoms with E-state index in [4.69, 9.17) is 4.74 Å². The van der Waals surface area contributed by atoms with E-state index in [0.717, 1.165) is 51.3 Å². The van der Waals surface area contributed by atoms with Crippen LogP contribution in [0.4, 0.5) is 11.4 Å². The normalized spacial score (nSPS) is 19.4. The molecule has 1 unspecified atom stereocenters. The summed E-state index contributed by atoms with van der Waals surface area (Å²) in [7, 11) is 0. The van der Waals surface area contributed by atoms with E-state index < -0.39 is 4.92 Å². The molecule has 0 aliphatic carbocycles. The van der Waals surface area contributed by atoms with E-state index in [1.54, 1.807) is 6.07 Å². The molecule has 2 fully saturated rings. The Bertz CT molecular complexity index is 915. The van der Waals surface area contributed by atoms with E-state index in [2.05, 4.69) is 27.2 Å². The Morgan fingerprint density at radius 2 is 1.90 bits per heavy atom. The van der Waals surface area contributed by atoms with Crippen molar-refractivity contribution >= 4 is 17.3 Å². The first-order valence-corrected chi connectivity index (χ1v) is 10.8. The fourth-order valence-corrected chi connectivity index (χ4v) is 4.24. The van der Waals surface area contributed by atoms with Gasteiger partial charge < -0.3 is 15.0 Å². The number of anilines is 1. The molecule has 2 saturated heterocycles. The first-order valence-electron chi connectivity index (χ1n) is 10.8. The number of hydrogen-bond acceptors (Lipinski definition) is 6. The first-order chi connectivity index (χ1) is 15.1. The van der Waals surface area contributed by atoms with Crippen molar-refractivity contribution in [2.75, 3.05) is 44.2 Å². The molecule has 0 radical (unpaired) electrons. The van der Waals surface area contributed by atoms with Crippen LogP contribution in [0, 0.1) is 10.1 Å². The van der Waals surface area contributed by atoms with Gasteiger partial charge in [0, 0.05) is 51.4 Å². The zero-order valence-corrected chi connectivity index (χ0v) is 17.5. The number of non-ortho nitro benzene ring substituents is 1. The van der Waals surface area contributed by atoms with Crippen LogP contribution in [-0.2, 0) is 11.3 Å². The molecule has 0 bridgehead atoms. The molecule has 4 rings (SSSR count). The molecule has 164 valence electrons. The molecule has 2 aliphatic heterocycles. The molecule has 2 aliphatic rings. The van der Waals surface area contributed by atoms with Gasteiger partial charge in [0.05, 0.1) is 28.9 Å². The van der Waals surface area contributed by atoms with Gasteiger partial charge in [0.2, 0.25) is 0 Å². The fourth-order valence-electron chi connectivity index (χ4n) is 4.24. The minimum Gasteiger partial charge on any atom is -0.374 e. The Kier molecular flexibility index (Phi) is 6.79.